The maximum Gasteiger partial charge on any atom is 0.0887 e. The van der Waals surface area contributed by atoms with E-state index in [1.54, 1.807) is 11.3 Å². The quantitative estimate of drug-likeness (QED) is 0.908. The zero-order chi connectivity index (χ0) is 11.5. The maximum atomic E-state index is 6.08. The summed E-state index contributed by atoms with van der Waals surface area (Å²) < 4.78 is 6.48. The average molecular weight is 325 g/mol. The van der Waals surface area contributed by atoms with E-state index in [2.05, 4.69) is 34.2 Å². The Balaban J connectivity index is 2.17. The molecule has 1 aliphatic heterocycles. The van der Waals surface area contributed by atoms with E-state index in [0.717, 1.165) is 35.0 Å². The van der Waals surface area contributed by atoms with Gasteiger partial charge in [-0.05, 0) is 35.0 Å². The molecular weight excluding hydrogens is 310 g/mol. The molecule has 1 saturated heterocycles. The molecule has 0 aliphatic carbocycles. The third-order valence-corrected chi connectivity index (χ3v) is 5.39. The number of nitrogens with one attached hydrogen (secondary N) is 1. The van der Waals surface area contributed by atoms with Gasteiger partial charge in [-0.3, -0.25) is 0 Å². The van der Waals surface area contributed by atoms with Gasteiger partial charge in [0.05, 0.1) is 15.4 Å². The normalized spacial score (nSPS) is 22.6. The smallest absolute Gasteiger partial charge is 0.0887 e. The van der Waals surface area contributed by atoms with Gasteiger partial charge in [0.2, 0.25) is 0 Å². The van der Waals surface area contributed by atoms with Crippen LogP contribution < -0.4 is 5.32 Å². The first-order valence-electron chi connectivity index (χ1n) is 5.48. The third-order valence-electron chi connectivity index (χ3n) is 2.83. The summed E-state index contributed by atoms with van der Waals surface area (Å²) in [6, 6.07) is 2.43. The molecule has 0 spiro atoms. The number of rotatable bonds is 4. The molecule has 0 bridgehead atoms. The van der Waals surface area contributed by atoms with Gasteiger partial charge in [-0.25, -0.2) is 0 Å². The van der Waals surface area contributed by atoms with Crippen LogP contribution in [0.25, 0.3) is 0 Å². The molecule has 0 amide bonds. The van der Waals surface area contributed by atoms with Crippen LogP contribution in [-0.4, -0.2) is 19.8 Å². The fourth-order valence-corrected chi connectivity index (χ4v) is 3.97. The van der Waals surface area contributed by atoms with Crippen molar-refractivity contribution in [3.05, 3.63) is 19.8 Å². The summed E-state index contributed by atoms with van der Waals surface area (Å²) in [6.07, 6.45) is 1.13. The Hall–Kier alpha value is 0.390. The van der Waals surface area contributed by atoms with Crippen LogP contribution in [0.4, 0.5) is 0 Å². The minimum absolute atomic E-state index is 0.376. The van der Waals surface area contributed by atoms with Gasteiger partial charge in [0.25, 0.3) is 0 Å². The van der Waals surface area contributed by atoms with Crippen molar-refractivity contribution in [2.45, 2.75) is 19.4 Å². The Morgan fingerprint density at radius 3 is 3.06 bits per heavy atom. The molecule has 1 aliphatic rings. The molecule has 5 heteroatoms. The molecule has 1 N–H and O–H groups in total. The van der Waals surface area contributed by atoms with Gasteiger partial charge in [-0.15, -0.1) is 11.3 Å². The van der Waals surface area contributed by atoms with Crippen LogP contribution in [0.15, 0.2) is 9.85 Å². The second-order valence-electron chi connectivity index (χ2n) is 3.93. The lowest BCUT2D eigenvalue weighted by molar-refractivity contribution is 0.177. The Labute approximate surface area is 113 Å². The van der Waals surface area contributed by atoms with Gasteiger partial charge in [-0.1, -0.05) is 18.5 Å². The third kappa shape index (κ3) is 2.79. The van der Waals surface area contributed by atoms with Crippen molar-refractivity contribution in [3.63, 3.8) is 0 Å². The number of halogens is 2. The summed E-state index contributed by atoms with van der Waals surface area (Å²) in [5.74, 6) is 0.571. The number of hydrogen-bond acceptors (Lipinski definition) is 3. The van der Waals surface area contributed by atoms with Gasteiger partial charge >= 0.3 is 0 Å². The highest BCUT2D eigenvalue weighted by molar-refractivity contribution is 9.11. The Morgan fingerprint density at radius 2 is 2.56 bits per heavy atom. The molecular formula is C11H15BrClNOS. The Kier molecular flexibility index (Phi) is 4.67. The highest BCUT2D eigenvalue weighted by atomic mass is 79.9. The predicted octanol–water partition coefficient (Wildman–Crippen LogP) is 3.85. The van der Waals surface area contributed by atoms with Crippen molar-refractivity contribution in [3.8, 4) is 0 Å². The molecule has 2 heterocycles. The molecule has 2 atom stereocenters. The molecule has 90 valence electrons. The number of ether oxygens (including phenoxy) is 1. The largest absolute Gasteiger partial charge is 0.381 e. The molecule has 0 radical (unpaired) electrons. The van der Waals surface area contributed by atoms with Gasteiger partial charge in [0.15, 0.2) is 0 Å². The second-order valence-corrected chi connectivity index (χ2v) is 6.74. The SMILES string of the molecule is CCNC(c1cc(Cl)c(Br)s1)C1CCOC1. The van der Waals surface area contributed by atoms with E-state index in [1.807, 2.05) is 0 Å². The molecule has 0 saturated carbocycles. The van der Waals surface area contributed by atoms with Gasteiger partial charge in [0.1, 0.15) is 0 Å². The van der Waals surface area contributed by atoms with Crippen LogP contribution in [0.2, 0.25) is 5.02 Å². The van der Waals surface area contributed by atoms with Gasteiger partial charge in [-0.2, -0.15) is 0 Å². The van der Waals surface area contributed by atoms with E-state index >= 15 is 0 Å². The number of hydrogen-bond donors (Lipinski definition) is 1. The first-order chi connectivity index (χ1) is 7.72. The summed E-state index contributed by atoms with van der Waals surface area (Å²) >= 11 is 11.3. The molecule has 0 aromatic carbocycles. The highest BCUT2D eigenvalue weighted by Gasteiger charge is 2.28. The summed E-state index contributed by atoms with van der Waals surface area (Å²) in [5, 5.41) is 4.34. The second kappa shape index (κ2) is 5.83. The monoisotopic (exact) mass is 323 g/mol. The van der Waals surface area contributed by atoms with Crippen LogP contribution in [0.3, 0.4) is 0 Å². The zero-order valence-electron chi connectivity index (χ0n) is 9.13. The number of thiophene rings is 1. The van der Waals surface area contributed by atoms with Crippen LogP contribution >= 0.6 is 38.9 Å². The van der Waals surface area contributed by atoms with Crippen molar-refractivity contribution >= 4 is 38.9 Å². The standard InChI is InChI=1S/C11H15BrClNOS/c1-2-14-10(7-3-4-15-6-7)9-5-8(13)11(12)16-9/h5,7,10,14H,2-4,6H2,1H3. The topological polar surface area (TPSA) is 21.3 Å². The van der Waals surface area contributed by atoms with E-state index in [4.69, 9.17) is 16.3 Å². The summed E-state index contributed by atoms with van der Waals surface area (Å²) in [6.45, 7) is 4.83. The van der Waals surface area contributed by atoms with Crippen molar-refractivity contribution in [2.75, 3.05) is 19.8 Å². The van der Waals surface area contributed by atoms with Crippen molar-refractivity contribution in [2.24, 2.45) is 5.92 Å². The van der Waals surface area contributed by atoms with Crippen LogP contribution in [0.5, 0.6) is 0 Å². The highest BCUT2D eigenvalue weighted by Crippen LogP contribution is 2.39. The molecule has 2 unspecified atom stereocenters. The summed E-state index contributed by atoms with van der Waals surface area (Å²) in [5.41, 5.74) is 0. The minimum Gasteiger partial charge on any atom is -0.381 e. The summed E-state index contributed by atoms with van der Waals surface area (Å²) in [4.78, 5) is 1.30. The van der Waals surface area contributed by atoms with Gasteiger partial charge < -0.3 is 10.1 Å². The molecule has 2 rings (SSSR count). The Bertz CT molecular complexity index is 332. The van der Waals surface area contributed by atoms with E-state index in [1.165, 1.54) is 4.88 Å². The summed E-state index contributed by atoms with van der Waals surface area (Å²) in [7, 11) is 0. The molecule has 1 aromatic heterocycles. The van der Waals surface area contributed by atoms with Crippen molar-refractivity contribution < 1.29 is 4.74 Å². The van der Waals surface area contributed by atoms with Crippen LogP contribution in [0.1, 0.15) is 24.3 Å². The maximum absolute atomic E-state index is 6.08. The van der Waals surface area contributed by atoms with Crippen LogP contribution in [-0.2, 0) is 4.74 Å². The lowest BCUT2D eigenvalue weighted by Gasteiger charge is -2.21. The van der Waals surface area contributed by atoms with Crippen molar-refractivity contribution in [1.82, 2.24) is 5.32 Å². The lowest BCUT2D eigenvalue weighted by atomic mass is 9.97. The first kappa shape index (κ1) is 12.8. The molecule has 1 aromatic rings. The van der Waals surface area contributed by atoms with E-state index in [-0.39, 0.29) is 0 Å². The van der Waals surface area contributed by atoms with E-state index < -0.39 is 0 Å². The molecule has 16 heavy (non-hydrogen) atoms. The zero-order valence-corrected chi connectivity index (χ0v) is 12.3. The fraction of sp³-hybridized carbons (Fsp3) is 0.636. The van der Waals surface area contributed by atoms with E-state index in [9.17, 15) is 0 Å². The van der Waals surface area contributed by atoms with E-state index in [0.29, 0.717) is 12.0 Å². The average Bonchev–Trinajstić information content (AvgIpc) is 2.86. The Morgan fingerprint density at radius 1 is 1.75 bits per heavy atom. The predicted molar refractivity (Wildman–Crippen MR) is 72.4 cm³/mol. The fourth-order valence-electron chi connectivity index (χ4n) is 2.05. The van der Waals surface area contributed by atoms with Gasteiger partial charge in [0, 0.05) is 23.4 Å². The molecule has 1 fully saturated rings. The molecule has 2 nitrogen and oxygen atoms in total. The van der Waals surface area contributed by atoms with Crippen LogP contribution in [0, 0.1) is 5.92 Å². The lowest BCUT2D eigenvalue weighted by Crippen LogP contribution is -2.27. The first-order valence-corrected chi connectivity index (χ1v) is 7.47. The van der Waals surface area contributed by atoms with Crippen molar-refractivity contribution in [1.29, 1.82) is 0 Å². The minimum atomic E-state index is 0.376.